The molecule has 2 aliphatic heterocycles. The molecule has 2 saturated heterocycles. The number of hydrogen-bond acceptors (Lipinski definition) is 6. The number of likely N-dealkylation sites (tertiary alicyclic amines) is 1. The summed E-state index contributed by atoms with van der Waals surface area (Å²) in [7, 11) is 0. The van der Waals surface area contributed by atoms with E-state index in [0.29, 0.717) is 32.5 Å². The maximum atomic E-state index is 11.5. The monoisotopic (exact) mass is 515 g/mol. The lowest BCUT2D eigenvalue weighted by Crippen LogP contribution is -2.51. The largest absolute Gasteiger partial charge is 0.494 e. The Morgan fingerprint density at radius 1 is 1.08 bits per heavy atom. The Balaban J connectivity index is 1.22. The zero-order chi connectivity index (χ0) is 25.7. The van der Waals surface area contributed by atoms with Gasteiger partial charge in [0, 0.05) is 24.7 Å². The Labute approximate surface area is 217 Å². The number of rotatable bonds is 10. The van der Waals surface area contributed by atoms with E-state index in [2.05, 4.69) is 10.2 Å². The molecule has 3 amide bonds. The van der Waals surface area contributed by atoms with Gasteiger partial charge in [-0.25, -0.2) is 4.79 Å². The molecule has 0 aromatic heterocycles. The van der Waals surface area contributed by atoms with Crippen molar-refractivity contribution in [1.82, 2.24) is 15.1 Å². The van der Waals surface area contributed by atoms with Crippen molar-refractivity contribution >= 4 is 23.5 Å². The highest BCUT2D eigenvalue weighted by Crippen LogP contribution is 2.28. The number of aliphatic hydroxyl groups is 1. The van der Waals surface area contributed by atoms with Crippen LogP contribution in [0.1, 0.15) is 36.0 Å². The second-order valence-corrected chi connectivity index (χ2v) is 10.2. The molecule has 36 heavy (non-hydrogen) atoms. The molecule has 2 aliphatic rings. The summed E-state index contributed by atoms with van der Waals surface area (Å²) in [6.07, 6.45) is 2.25. The number of hydrogen-bond donors (Lipinski definition) is 2. The van der Waals surface area contributed by atoms with E-state index in [9.17, 15) is 14.7 Å². The lowest BCUT2D eigenvalue weighted by Gasteiger charge is -2.39. The molecule has 0 spiro atoms. The summed E-state index contributed by atoms with van der Waals surface area (Å²) < 4.78 is 11.8. The molecule has 0 aliphatic carbocycles. The molecule has 2 aromatic carbocycles. The molecule has 194 valence electrons. The van der Waals surface area contributed by atoms with Crippen molar-refractivity contribution in [2.24, 2.45) is 0 Å². The summed E-state index contributed by atoms with van der Waals surface area (Å²) in [5.74, 6) is 1.23. The average molecular weight is 516 g/mol. The minimum atomic E-state index is -0.903. The van der Waals surface area contributed by atoms with Crippen LogP contribution in [0.15, 0.2) is 36.4 Å². The molecule has 1 atom stereocenters. The molecule has 0 bridgehead atoms. The van der Waals surface area contributed by atoms with Crippen molar-refractivity contribution < 1.29 is 24.2 Å². The zero-order valence-electron chi connectivity index (χ0n) is 20.9. The van der Waals surface area contributed by atoms with E-state index in [1.165, 1.54) is 4.90 Å². The van der Waals surface area contributed by atoms with Gasteiger partial charge in [-0.2, -0.15) is 0 Å². The number of nitrogens with one attached hydrogen (secondary N) is 1. The van der Waals surface area contributed by atoms with Gasteiger partial charge in [0.05, 0.1) is 6.61 Å². The number of carbonyl (C=O) groups is 2. The Kier molecular flexibility index (Phi) is 8.39. The topological polar surface area (TPSA) is 91.3 Å². The van der Waals surface area contributed by atoms with Crippen LogP contribution >= 0.6 is 11.6 Å². The summed E-state index contributed by atoms with van der Waals surface area (Å²) in [5.41, 5.74) is 2.17. The maximum absolute atomic E-state index is 11.5. The molecular weight excluding hydrogens is 482 g/mol. The Morgan fingerprint density at radius 2 is 1.81 bits per heavy atom. The quantitative estimate of drug-likeness (QED) is 0.370. The van der Waals surface area contributed by atoms with E-state index in [1.54, 1.807) is 0 Å². The van der Waals surface area contributed by atoms with Gasteiger partial charge >= 0.3 is 6.03 Å². The van der Waals surface area contributed by atoms with E-state index in [4.69, 9.17) is 21.1 Å². The van der Waals surface area contributed by atoms with E-state index in [-0.39, 0.29) is 25.1 Å². The number of β-amino-alcohol motifs (C(OH)–C–C–N with tert-alkyl or cyclic N) is 1. The molecule has 4 rings (SSSR count). The smallest absolute Gasteiger partial charge is 0.324 e. The van der Waals surface area contributed by atoms with Gasteiger partial charge in [0.15, 0.2) is 0 Å². The van der Waals surface area contributed by atoms with E-state index in [0.717, 1.165) is 52.7 Å². The summed E-state index contributed by atoms with van der Waals surface area (Å²) in [5, 5.41) is 14.2. The van der Waals surface area contributed by atoms with Crippen LogP contribution in [0.5, 0.6) is 11.5 Å². The summed E-state index contributed by atoms with van der Waals surface area (Å²) in [6.45, 7) is 7.41. The van der Waals surface area contributed by atoms with Crippen molar-refractivity contribution in [3.63, 3.8) is 0 Å². The van der Waals surface area contributed by atoms with Gasteiger partial charge in [0.25, 0.3) is 0 Å². The second-order valence-electron chi connectivity index (χ2n) is 9.82. The van der Waals surface area contributed by atoms with Crippen LogP contribution in [-0.2, 0) is 11.3 Å². The zero-order valence-corrected chi connectivity index (χ0v) is 21.6. The first kappa shape index (κ1) is 26.3. The van der Waals surface area contributed by atoms with Crippen molar-refractivity contribution in [1.29, 1.82) is 0 Å². The molecular formula is C27H34ClN3O5. The van der Waals surface area contributed by atoms with Crippen LogP contribution in [0, 0.1) is 13.8 Å². The molecule has 0 radical (unpaired) electrons. The first-order chi connectivity index (χ1) is 17.2. The third-order valence-electron chi connectivity index (χ3n) is 6.59. The predicted molar refractivity (Wildman–Crippen MR) is 138 cm³/mol. The third kappa shape index (κ3) is 6.90. The minimum Gasteiger partial charge on any atom is -0.494 e. The molecule has 0 saturated carbocycles. The number of benzene rings is 2. The van der Waals surface area contributed by atoms with Gasteiger partial charge in [-0.1, -0.05) is 23.7 Å². The van der Waals surface area contributed by atoms with Gasteiger partial charge in [-0.3, -0.25) is 15.0 Å². The van der Waals surface area contributed by atoms with Crippen molar-refractivity contribution in [2.75, 3.05) is 39.4 Å². The highest BCUT2D eigenvalue weighted by atomic mass is 35.5. The number of carbonyl (C=O) groups excluding carboxylic acids is 2. The van der Waals surface area contributed by atoms with Gasteiger partial charge < -0.3 is 19.5 Å². The fraction of sp³-hybridized carbons (Fsp3) is 0.481. The van der Waals surface area contributed by atoms with Crippen LogP contribution in [-0.4, -0.2) is 71.8 Å². The summed E-state index contributed by atoms with van der Waals surface area (Å²) >= 11 is 6.25. The number of piperidine rings is 1. The van der Waals surface area contributed by atoms with Crippen LogP contribution in [0.4, 0.5) is 4.79 Å². The fourth-order valence-electron chi connectivity index (χ4n) is 4.72. The lowest BCUT2D eigenvalue weighted by atomic mass is 9.93. The molecule has 2 heterocycles. The lowest BCUT2D eigenvalue weighted by molar-refractivity contribution is -0.118. The standard InChI is InChI=1S/C27H34ClN3O5/c1-19-13-23(14-20(2)25(19)28)36-18-27(34)9-3-10-30(17-27)15-21-5-7-22(8-6-21)35-12-4-11-31-16-24(32)29-26(31)33/h5-8,13-14,34H,3-4,9-12,15-18H2,1-2H3,(H,29,32,33). The summed E-state index contributed by atoms with van der Waals surface area (Å²) in [4.78, 5) is 26.5. The van der Waals surface area contributed by atoms with Crippen LogP contribution in [0.3, 0.4) is 0 Å². The first-order valence-corrected chi connectivity index (χ1v) is 12.7. The molecule has 9 heteroatoms. The Bertz CT molecular complexity index is 1070. The van der Waals surface area contributed by atoms with Crippen molar-refractivity contribution in [3.8, 4) is 11.5 Å². The highest BCUT2D eigenvalue weighted by Gasteiger charge is 2.34. The Hall–Kier alpha value is -2.81. The molecule has 2 N–H and O–H groups in total. The normalized spacial score (nSPS) is 20.5. The number of urea groups is 1. The molecule has 1 unspecified atom stereocenters. The minimum absolute atomic E-state index is 0.117. The number of aryl methyl sites for hydroxylation is 2. The van der Waals surface area contributed by atoms with Crippen LogP contribution < -0.4 is 14.8 Å². The average Bonchev–Trinajstić information content (AvgIpc) is 3.16. The van der Waals surface area contributed by atoms with Gasteiger partial charge in [0.2, 0.25) is 5.91 Å². The highest BCUT2D eigenvalue weighted by molar-refractivity contribution is 6.32. The van der Waals surface area contributed by atoms with E-state index >= 15 is 0 Å². The number of halogens is 1. The van der Waals surface area contributed by atoms with Gasteiger partial charge in [-0.05, 0) is 80.6 Å². The SMILES string of the molecule is Cc1cc(OCC2(O)CCCN(Cc3ccc(OCCCN4CC(=O)NC4=O)cc3)C2)cc(C)c1Cl. The van der Waals surface area contributed by atoms with Crippen LogP contribution in [0.25, 0.3) is 0 Å². The van der Waals surface area contributed by atoms with Crippen LogP contribution in [0.2, 0.25) is 5.02 Å². The third-order valence-corrected chi connectivity index (χ3v) is 7.19. The first-order valence-electron chi connectivity index (χ1n) is 12.4. The fourth-order valence-corrected chi connectivity index (χ4v) is 4.83. The second kappa shape index (κ2) is 11.5. The molecule has 2 fully saturated rings. The van der Waals surface area contributed by atoms with Gasteiger partial charge in [0.1, 0.15) is 30.3 Å². The number of amides is 3. The number of imide groups is 1. The van der Waals surface area contributed by atoms with Crippen molar-refractivity contribution in [2.45, 2.75) is 45.3 Å². The predicted octanol–water partition coefficient (Wildman–Crippen LogP) is 3.68. The molecule has 2 aromatic rings. The van der Waals surface area contributed by atoms with E-state index in [1.807, 2.05) is 50.2 Å². The van der Waals surface area contributed by atoms with Gasteiger partial charge in [-0.15, -0.1) is 0 Å². The number of ether oxygens (including phenoxy) is 2. The molecule has 8 nitrogen and oxygen atoms in total. The van der Waals surface area contributed by atoms with Crippen molar-refractivity contribution in [3.05, 3.63) is 58.1 Å². The number of nitrogens with zero attached hydrogens (tertiary/aromatic N) is 2. The maximum Gasteiger partial charge on any atom is 0.324 e. The Morgan fingerprint density at radius 3 is 2.47 bits per heavy atom. The summed E-state index contributed by atoms with van der Waals surface area (Å²) in [6, 6.07) is 11.4. The van der Waals surface area contributed by atoms with E-state index < -0.39 is 5.60 Å².